The lowest BCUT2D eigenvalue weighted by Crippen LogP contribution is -2.32. The van der Waals surface area contributed by atoms with Crippen molar-refractivity contribution in [3.05, 3.63) is 34.5 Å². The maximum Gasteiger partial charge on any atom is 0.325 e. The van der Waals surface area contributed by atoms with Crippen LogP contribution in [-0.4, -0.2) is 37.5 Å². The van der Waals surface area contributed by atoms with Crippen LogP contribution in [0.2, 0.25) is 0 Å². The second-order valence-corrected chi connectivity index (χ2v) is 5.46. The number of amides is 1. The van der Waals surface area contributed by atoms with Crippen LogP contribution in [0.25, 0.3) is 10.1 Å². The number of ether oxygens (including phenoxy) is 1. The van der Waals surface area contributed by atoms with E-state index in [1.54, 1.807) is 19.1 Å². The fourth-order valence-electron chi connectivity index (χ4n) is 1.96. The van der Waals surface area contributed by atoms with Crippen LogP contribution in [0, 0.1) is 12.7 Å². The highest BCUT2D eigenvalue weighted by atomic mass is 32.1. The van der Waals surface area contributed by atoms with Gasteiger partial charge in [0.15, 0.2) is 0 Å². The van der Waals surface area contributed by atoms with E-state index in [1.807, 2.05) is 0 Å². The number of fused-ring (bicyclic) bond motifs is 1. The summed E-state index contributed by atoms with van der Waals surface area (Å²) in [6.45, 7) is 1.58. The van der Waals surface area contributed by atoms with Gasteiger partial charge in [0.05, 0.1) is 12.0 Å². The normalized spacial score (nSPS) is 10.6. The zero-order chi connectivity index (χ0) is 14.9. The molecule has 0 spiro atoms. The van der Waals surface area contributed by atoms with Crippen molar-refractivity contribution in [1.82, 2.24) is 4.90 Å². The number of likely N-dealkylation sites (N-methyl/N-ethyl adjacent to an activating group) is 1. The van der Waals surface area contributed by atoms with E-state index in [0.717, 1.165) is 4.70 Å². The van der Waals surface area contributed by atoms with E-state index in [9.17, 15) is 14.0 Å². The largest absolute Gasteiger partial charge is 0.468 e. The van der Waals surface area contributed by atoms with Crippen molar-refractivity contribution in [3.8, 4) is 0 Å². The number of rotatable bonds is 3. The lowest BCUT2D eigenvalue weighted by Gasteiger charge is -2.14. The van der Waals surface area contributed by atoms with Crippen LogP contribution in [0.1, 0.15) is 15.2 Å². The highest BCUT2D eigenvalue weighted by Crippen LogP contribution is 2.33. The first kappa shape index (κ1) is 14.5. The van der Waals surface area contributed by atoms with Crippen LogP contribution in [0.4, 0.5) is 4.39 Å². The molecule has 0 bridgehead atoms. The average molecular weight is 295 g/mol. The molecule has 1 amide bonds. The van der Waals surface area contributed by atoms with Crippen molar-refractivity contribution >= 4 is 33.3 Å². The van der Waals surface area contributed by atoms with Gasteiger partial charge in [-0.05, 0) is 24.6 Å². The Morgan fingerprint density at radius 1 is 1.40 bits per heavy atom. The second kappa shape index (κ2) is 5.58. The molecule has 0 saturated carbocycles. The summed E-state index contributed by atoms with van der Waals surface area (Å²) in [6, 6.07) is 4.75. The highest BCUT2D eigenvalue weighted by Gasteiger charge is 2.22. The Morgan fingerprint density at radius 3 is 2.70 bits per heavy atom. The molecule has 0 aliphatic heterocycles. The van der Waals surface area contributed by atoms with Gasteiger partial charge in [-0.15, -0.1) is 11.3 Å². The summed E-state index contributed by atoms with van der Waals surface area (Å²) in [6.07, 6.45) is 0. The Kier molecular flexibility index (Phi) is 4.04. The van der Waals surface area contributed by atoms with E-state index < -0.39 is 5.97 Å². The minimum atomic E-state index is -0.495. The quantitative estimate of drug-likeness (QED) is 0.818. The first-order chi connectivity index (χ1) is 9.45. The first-order valence-corrected chi connectivity index (χ1v) is 6.77. The van der Waals surface area contributed by atoms with Crippen LogP contribution >= 0.6 is 11.3 Å². The predicted molar refractivity (Wildman–Crippen MR) is 75.5 cm³/mol. The summed E-state index contributed by atoms with van der Waals surface area (Å²) >= 11 is 1.23. The summed E-state index contributed by atoms with van der Waals surface area (Å²) in [5.41, 5.74) is 0.602. The summed E-state index contributed by atoms with van der Waals surface area (Å²) in [7, 11) is 2.78. The Hall–Kier alpha value is -1.95. The standard InChI is InChI=1S/C14H14FNO3S/c1-8-12-9(15)5-4-6-10(12)20-13(8)14(18)16(2)7-11(17)19-3/h4-6H,7H2,1-3H3. The Labute approximate surface area is 119 Å². The van der Waals surface area contributed by atoms with Crippen LogP contribution in [-0.2, 0) is 9.53 Å². The van der Waals surface area contributed by atoms with Gasteiger partial charge in [-0.3, -0.25) is 9.59 Å². The van der Waals surface area contributed by atoms with Gasteiger partial charge in [0, 0.05) is 17.1 Å². The third kappa shape index (κ3) is 2.51. The molecule has 106 valence electrons. The van der Waals surface area contributed by atoms with Gasteiger partial charge in [0.1, 0.15) is 12.4 Å². The summed E-state index contributed by atoms with van der Waals surface area (Å²) in [5.74, 6) is -1.15. The molecule has 20 heavy (non-hydrogen) atoms. The van der Waals surface area contributed by atoms with Crippen LogP contribution < -0.4 is 0 Å². The highest BCUT2D eigenvalue weighted by molar-refractivity contribution is 7.21. The Morgan fingerprint density at radius 2 is 2.10 bits per heavy atom. The predicted octanol–water partition coefficient (Wildman–Crippen LogP) is 2.59. The number of hydrogen-bond acceptors (Lipinski definition) is 4. The number of methoxy groups -OCH3 is 1. The zero-order valence-corrected chi connectivity index (χ0v) is 12.2. The molecule has 0 saturated heterocycles. The number of halogens is 1. The second-order valence-electron chi connectivity index (χ2n) is 4.41. The molecule has 0 atom stereocenters. The molecule has 0 aliphatic carbocycles. The number of carbonyl (C=O) groups is 2. The number of carbonyl (C=O) groups excluding carboxylic acids is 2. The minimum absolute atomic E-state index is 0.133. The topological polar surface area (TPSA) is 46.6 Å². The molecular formula is C14H14FNO3S. The van der Waals surface area contributed by atoms with Gasteiger partial charge in [-0.2, -0.15) is 0 Å². The van der Waals surface area contributed by atoms with Crippen molar-refractivity contribution in [1.29, 1.82) is 0 Å². The molecule has 0 fully saturated rings. The number of thiophene rings is 1. The van der Waals surface area contributed by atoms with Crippen LogP contribution in [0.3, 0.4) is 0 Å². The fraction of sp³-hybridized carbons (Fsp3) is 0.286. The molecule has 2 aromatic rings. The van der Waals surface area contributed by atoms with Crippen molar-refractivity contribution in [2.75, 3.05) is 20.7 Å². The van der Waals surface area contributed by atoms with Gasteiger partial charge in [-0.1, -0.05) is 6.07 Å². The Bertz CT molecular complexity index is 680. The smallest absolute Gasteiger partial charge is 0.325 e. The molecule has 0 unspecified atom stereocenters. The van der Waals surface area contributed by atoms with Gasteiger partial charge in [0.2, 0.25) is 0 Å². The summed E-state index contributed by atoms with van der Waals surface area (Å²) in [5, 5.41) is 0.465. The average Bonchev–Trinajstić information content (AvgIpc) is 2.76. The van der Waals surface area contributed by atoms with E-state index in [0.29, 0.717) is 15.8 Å². The SMILES string of the molecule is COC(=O)CN(C)C(=O)c1sc2cccc(F)c2c1C. The first-order valence-electron chi connectivity index (χ1n) is 5.95. The van der Waals surface area contributed by atoms with Crippen LogP contribution in [0.15, 0.2) is 18.2 Å². The number of esters is 1. The summed E-state index contributed by atoms with van der Waals surface area (Å²) < 4.78 is 19.0. The van der Waals surface area contributed by atoms with Crippen LogP contribution in [0.5, 0.6) is 0 Å². The Balaban J connectivity index is 2.38. The number of aryl methyl sites for hydroxylation is 1. The van der Waals surface area contributed by atoms with Crippen molar-refractivity contribution in [2.24, 2.45) is 0 Å². The summed E-state index contributed by atoms with van der Waals surface area (Å²) in [4.78, 5) is 25.2. The lowest BCUT2D eigenvalue weighted by atomic mass is 10.1. The van der Waals surface area contributed by atoms with E-state index >= 15 is 0 Å². The molecular weight excluding hydrogens is 281 g/mol. The van der Waals surface area contributed by atoms with Crippen molar-refractivity contribution < 1.29 is 18.7 Å². The third-order valence-corrected chi connectivity index (χ3v) is 4.28. The number of benzene rings is 1. The molecule has 6 heteroatoms. The van der Waals surface area contributed by atoms with E-state index in [4.69, 9.17) is 0 Å². The monoisotopic (exact) mass is 295 g/mol. The number of hydrogen-bond donors (Lipinski definition) is 0. The molecule has 1 aromatic heterocycles. The van der Waals surface area contributed by atoms with Gasteiger partial charge in [0.25, 0.3) is 5.91 Å². The molecule has 0 N–H and O–H groups in total. The molecule has 1 heterocycles. The van der Waals surface area contributed by atoms with Gasteiger partial charge < -0.3 is 9.64 Å². The molecule has 4 nitrogen and oxygen atoms in total. The molecule has 1 aromatic carbocycles. The van der Waals surface area contributed by atoms with E-state index in [1.165, 1.54) is 36.5 Å². The maximum absolute atomic E-state index is 13.8. The zero-order valence-electron chi connectivity index (χ0n) is 11.4. The fourth-order valence-corrected chi connectivity index (χ4v) is 3.18. The van der Waals surface area contributed by atoms with Gasteiger partial charge >= 0.3 is 5.97 Å². The van der Waals surface area contributed by atoms with Gasteiger partial charge in [-0.25, -0.2) is 4.39 Å². The minimum Gasteiger partial charge on any atom is -0.468 e. The lowest BCUT2D eigenvalue weighted by molar-refractivity contribution is -0.141. The molecule has 2 rings (SSSR count). The van der Waals surface area contributed by atoms with Crippen molar-refractivity contribution in [2.45, 2.75) is 6.92 Å². The third-order valence-electron chi connectivity index (χ3n) is 3.04. The van der Waals surface area contributed by atoms with E-state index in [2.05, 4.69) is 4.74 Å². The maximum atomic E-state index is 13.8. The van der Waals surface area contributed by atoms with E-state index in [-0.39, 0.29) is 18.3 Å². The number of nitrogens with zero attached hydrogens (tertiary/aromatic N) is 1. The van der Waals surface area contributed by atoms with Crippen molar-refractivity contribution in [3.63, 3.8) is 0 Å². The molecule has 0 radical (unpaired) electrons. The molecule has 0 aliphatic rings.